The first-order valence-electron chi connectivity index (χ1n) is 4.75. The molecule has 90 valence electrons. The lowest BCUT2D eigenvalue weighted by Gasteiger charge is -2.15. The summed E-state index contributed by atoms with van der Waals surface area (Å²) in [6.45, 7) is 0.886. The maximum atomic E-state index is 6.28. The number of benzene rings is 1. The predicted molar refractivity (Wildman–Crippen MR) is 66.7 cm³/mol. The second-order valence-electron chi connectivity index (χ2n) is 3.12. The number of ether oxygens (including phenoxy) is 1. The largest absolute Gasteiger partial charge is 0.493 e. The van der Waals surface area contributed by atoms with Crippen LogP contribution in [0.4, 0.5) is 0 Å². The fourth-order valence-electron chi connectivity index (χ4n) is 1.30. The molecule has 1 heterocycles. The Morgan fingerprint density at radius 2 is 2.00 bits per heavy atom. The van der Waals surface area contributed by atoms with Crippen molar-refractivity contribution in [2.75, 3.05) is 6.61 Å². The van der Waals surface area contributed by atoms with Crippen LogP contribution in [0.3, 0.4) is 0 Å². The minimum absolute atomic E-state index is 0. The van der Waals surface area contributed by atoms with Gasteiger partial charge in [-0.15, -0.1) is 12.4 Å². The second kappa shape index (κ2) is 7.78. The summed E-state index contributed by atoms with van der Waals surface area (Å²) in [5.74, 6) is 5.43. The van der Waals surface area contributed by atoms with Crippen LogP contribution >= 0.6 is 12.4 Å². The molecule has 0 unspecified atom stereocenters. The quantitative estimate of drug-likeness (QED) is 0.235. The molecule has 1 aliphatic rings. The Balaban J connectivity index is 0.000000330. The molecule has 0 bridgehead atoms. The Hall–Kier alpha value is -1.46. The molecular formula is C10H17ClN4O. The number of halogens is 1. The average molecular weight is 245 g/mol. The van der Waals surface area contributed by atoms with Crippen LogP contribution in [0.15, 0.2) is 24.3 Å². The van der Waals surface area contributed by atoms with E-state index in [1.807, 2.05) is 17.6 Å². The van der Waals surface area contributed by atoms with Crippen LogP contribution in [0.2, 0.25) is 0 Å². The second-order valence-corrected chi connectivity index (χ2v) is 3.12. The zero-order chi connectivity index (χ0) is 11.1. The van der Waals surface area contributed by atoms with Gasteiger partial charge in [0.15, 0.2) is 5.96 Å². The third-order valence-corrected chi connectivity index (χ3v) is 1.98. The van der Waals surface area contributed by atoms with E-state index in [1.54, 1.807) is 0 Å². The fraction of sp³-hybridized carbons (Fsp3) is 0.300. The molecule has 0 aromatic heterocycles. The first-order chi connectivity index (χ1) is 7.24. The summed E-state index contributed by atoms with van der Waals surface area (Å²) in [4.78, 5) is 0. The van der Waals surface area contributed by atoms with Gasteiger partial charge in [-0.1, -0.05) is 18.2 Å². The maximum absolute atomic E-state index is 6.28. The molecule has 6 N–H and O–H groups in total. The van der Waals surface area contributed by atoms with Crippen molar-refractivity contribution in [1.82, 2.24) is 5.43 Å². The standard InChI is InChI=1S/C9H10O.CH6N4.ClH/c1-2-6-9-8(4-1)5-3-7-10-9;2-1(3)5-4;/h1-2,4,6H,3,5,7H2;4H2,(H4,2,3,5);1H. The number of hydrazine groups is 1. The normalized spacial score (nSPS) is 11.8. The third kappa shape index (κ3) is 4.86. The van der Waals surface area contributed by atoms with Gasteiger partial charge in [0.25, 0.3) is 0 Å². The first kappa shape index (κ1) is 14.5. The van der Waals surface area contributed by atoms with Gasteiger partial charge in [0.2, 0.25) is 0 Å². The Bertz CT molecular complexity index is 307. The zero-order valence-corrected chi connectivity index (χ0v) is 9.72. The highest BCUT2D eigenvalue weighted by atomic mass is 35.5. The Morgan fingerprint density at radius 1 is 1.38 bits per heavy atom. The van der Waals surface area contributed by atoms with Crippen molar-refractivity contribution in [3.63, 3.8) is 0 Å². The van der Waals surface area contributed by atoms with Crippen molar-refractivity contribution >= 4 is 18.4 Å². The third-order valence-electron chi connectivity index (χ3n) is 1.98. The number of fused-ring (bicyclic) bond motifs is 1. The van der Waals surface area contributed by atoms with Gasteiger partial charge in [0, 0.05) is 0 Å². The molecule has 0 radical (unpaired) electrons. The molecule has 16 heavy (non-hydrogen) atoms. The average Bonchev–Trinajstić information content (AvgIpc) is 2.30. The van der Waals surface area contributed by atoms with Gasteiger partial charge >= 0.3 is 0 Å². The fourth-order valence-corrected chi connectivity index (χ4v) is 1.30. The number of hydrogen-bond acceptors (Lipinski definition) is 3. The van der Waals surface area contributed by atoms with E-state index in [2.05, 4.69) is 23.7 Å². The number of nitrogens with two attached hydrogens (primary N) is 2. The lowest BCUT2D eigenvalue weighted by atomic mass is 10.1. The lowest BCUT2D eigenvalue weighted by molar-refractivity contribution is 0.288. The number of aryl methyl sites for hydroxylation is 1. The summed E-state index contributed by atoms with van der Waals surface area (Å²) in [5, 5.41) is 6.28. The van der Waals surface area contributed by atoms with Crippen LogP contribution in [0.1, 0.15) is 12.0 Å². The number of nitrogens with one attached hydrogen (secondary N) is 2. The molecule has 0 saturated heterocycles. The van der Waals surface area contributed by atoms with E-state index in [4.69, 9.17) is 10.1 Å². The minimum Gasteiger partial charge on any atom is -0.493 e. The summed E-state index contributed by atoms with van der Waals surface area (Å²) < 4.78 is 5.42. The van der Waals surface area contributed by atoms with E-state index in [0.29, 0.717) is 0 Å². The van der Waals surface area contributed by atoms with Gasteiger partial charge in [0.1, 0.15) is 5.75 Å². The monoisotopic (exact) mass is 244 g/mol. The molecule has 6 heteroatoms. The Kier molecular flexibility index (Phi) is 7.07. The topological polar surface area (TPSA) is 97.2 Å². The van der Waals surface area contributed by atoms with Crippen LogP contribution in [0.5, 0.6) is 5.75 Å². The molecule has 0 amide bonds. The summed E-state index contributed by atoms with van der Waals surface area (Å²) in [6, 6.07) is 8.25. The van der Waals surface area contributed by atoms with Crippen molar-refractivity contribution in [1.29, 1.82) is 5.41 Å². The number of guanidine groups is 1. The molecule has 1 aromatic carbocycles. The summed E-state index contributed by atoms with van der Waals surface area (Å²) in [7, 11) is 0. The van der Waals surface area contributed by atoms with Crippen molar-refractivity contribution in [3.8, 4) is 5.75 Å². The van der Waals surface area contributed by atoms with Crippen LogP contribution in [0, 0.1) is 5.41 Å². The highest BCUT2D eigenvalue weighted by Gasteiger charge is 2.06. The van der Waals surface area contributed by atoms with Crippen molar-refractivity contribution in [3.05, 3.63) is 29.8 Å². The van der Waals surface area contributed by atoms with E-state index in [9.17, 15) is 0 Å². The van der Waals surface area contributed by atoms with Gasteiger partial charge in [-0.05, 0) is 24.5 Å². The Morgan fingerprint density at radius 3 is 2.56 bits per heavy atom. The van der Waals surface area contributed by atoms with E-state index in [0.717, 1.165) is 18.8 Å². The summed E-state index contributed by atoms with van der Waals surface area (Å²) in [5.41, 5.74) is 7.88. The van der Waals surface area contributed by atoms with Gasteiger partial charge < -0.3 is 10.5 Å². The molecule has 2 rings (SSSR count). The van der Waals surface area contributed by atoms with Crippen LogP contribution in [-0.4, -0.2) is 12.6 Å². The van der Waals surface area contributed by atoms with E-state index in [-0.39, 0.29) is 18.4 Å². The van der Waals surface area contributed by atoms with Gasteiger partial charge in [-0.2, -0.15) is 0 Å². The number of para-hydroxylation sites is 1. The molecular weight excluding hydrogens is 228 g/mol. The highest BCUT2D eigenvalue weighted by Crippen LogP contribution is 2.22. The summed E-state index contributed by atoms with van der Waals surface area (Å²) >= 11 is 0. The van der Waals surface area contributed by atoms with Gasteiger partial charge in [-0.3, -0.25) is 10.8 Å². The van der Waals surface area contributed by atoms with Crippen LogP contribution < -0.4 is 21.7 Å². The zero-order valence-electron chi connectivity index (χ0n) is 8.90. The van der Waals surface area contributed by atoms with Gasteiger partial charge in [0.05, 0.1) is 6.61 Å². The number of rotatable bonds is 0. The molecule has 0 atom stereocenters. The first-order valence-corrected chi connectivity index (χ1v) is 4.75. The molecule has 0 saturated carbocycles. The Labute approximate surface area is 101 Å². The summed E-state index contributed by atoms with van der Waals surface area (Å²) in [6.07, 6.45) is 2.34. The lowest BCUT2D eigenvalue weighted by Crippen LogP contribution is -2.35. The van der Waals surface area contributed by atoms with E-state index >= 15 is 0 Å². The van der Waals surface area contributed by atoms with Crippen molar-refractivity contribution < 1.29 is 4.74 Å². The molecule has 0 aliphatic carbocycles. The van der Waals surface area contributed by atoms with Gasteiger partial charge in [-0.25, -0.2) is 5.84 Å². The maximum Gasteiger partial charge on any atom is 0.200 e. The van der Waals surface area contributed by atoms with E-state index < -0.39 is 0 Å². The molecule has 1 aromatic rings. The van der Waals surface area contributed by atoms with Crippen molar-refractivity contribution in [2.45, 2.75) is 12.8 Å². The smallest absolute Gasteiger partial charge is 0.200 e. The molecule has 0 spiro atoms. The highest BCUT2D eigenvalue weighted by molar-refractivity contribution is 5.85. The molecule has 0 fully saturated rings. The van der Waals surface area contributed by atoms with Crippen molar-refractivity contribution in [2.24, 2.45) is 11.6 Å². The predicted octanol–water partition coefficient (Wildman–Crippen LogP) is 0.777. The minimum atomic E-state index is -0.218. The van der Waals surface area contributed by atoms with E-state index in [1.165, 1.54) is 12.0 Å². The molecule has 5 nitrogen and oxygen atoms in total. The SMILES string of the molecule is Cl.N=C(N)NN.c1ccc2c(c1)CCCO2. The molecule has 1 aliphatic heterocycles. The van der Waals surface area contributed by atoms with Crippen LogP contribution in [0.25, 0.3) is 0 Å². The van der Waals surface area contributed by atoms with Crippen LogP contribution in [-0.2, 0) is 6.42 Å². The number of hydrogen-bond donors (Lipinski definition) is 4.